The van der Waals surface area contributed by atoms with Gasteiger partial charge in [-0.05, 0) is 25.2 Å². The molecule has 0 spiro atoms. The second kappa shape index (κ2) is 10.1. The molecule has 1 fully saturated rings. The Morgan fingerprint density at radius 3 is 2.41 bits per heavy atom. The Kier molecular flexibility index (Phi) is 7.86. The zero-order chi connectivity index (χ0) is 21.6. The highest BCUT2D eigenvalue weighted by Crippen LogP contribution is 2.19. The monoisotopic (exact) mass is 408 g/mol. The summed E-state index contributed by atoms with van der Waals surface area (Å²) in [6, 6.07) is -0.394. The quantitative estimate of drug-likeness (QED) is 0.462. The molecule has 10 heteroatoms. The first kappa shape index (κ1) is 22.5. The second-order valence-electron chi connectivity index (χ2n) is 7.73. The van der Waals surface area contributed by atoms with Crippen LogP contribution < -0.4 is 27.2 Å². The molecule has 1 aromatic heterocycles. The molecule has 3 amide bonds. The number of aromatic nitrogens is 2. The Hall–Kier alpha value is -2.78. The van der Waals surface area contributed by atoms with Crippen molar-refractivity contribution in [3.8, 4) is 0 Å². The number of nitrogen functional groups attached to an aromatic ring is 1. The highest BCUT2D eigenvalue weighted by Gasteiger charge is 2.28. The predicted octanol–water partition coefficient (Wildman–Crippen LogP) is 0.713. The van der Waals surface area contributed by atoms with Crippen molar-refractivity contribution < 1.29 is 9.59 Å². The summed E-state index contributed by atoms with van der Waals surface area (Å²) < 4.78 is 1.40. The Balaban J connectivity index is 2.24. The number of nitrogens with one attached hydrogen (secondary N) is 2. The number of carbonyl (C=O) groups is 2. The van der Waals surface area contributed by atoms with E-state index in [2.05, 4.69) is 24.1 Å². The van der Waals surface area contributed by atoms with Crippen LogP contribution in [0.4, 0.5) is 16.3 Å². The van der Waals surface area contributed by atoms with Crippen LogP contribution in [0.25, 0.3) is 0 Å². The highest BCUT2D eigenvalue weighted by atomic mass is 16.2. The van der Waals surface area contributed by atoms with Crippen molar-refractivity contribution in [1.29, 1.82) is 0 Å². The van der Waals surface area contributed by atoms with E-state index in [4.69, 9.17) is 5.73 Å². The maximum atomic E-state index is 12.6. The second-order valence-corrected chi connectivity index (χ2v) is 7.73. The van der Waals surface area contributed by atoms with Crippen molar-refractivity contribution in [2.24, 2.45) is 5.92 Å². The summed E-state index contributed by atoms with van der Waals surface area (Å²) >= 11 is 0. The third-order valence-electron chi connectivity index (χ3n) is 4.99. The molecule has 0 saturated carbocycles. The van der Waals surface area contributed by atoms with Gasteiger partial charge in [0.05, 0.1) is 6.54 Å². The minimum Gasteiger partial charge on any atom is -0.383 e. The number of hydrogen-bond donors (Lipinski definition) is 3. The smallest absolute Gasteiger partial charge is 0.330 e. The number of unbranched alkanes of at least 4 members (excludes halogenated alkanes) is 1. The molecule has 1 aromatic rings. The predicted molar refractivity (Wildman–Crippen MR) is 112 cm³/mol. The van der Waals surface area contributed by atoms with Gasteiger partial charge in [0, 0.05) is 26.2 Å². The molecule has 1 saturated heterocycles. The lowest BCUT2D eigenvalue weighted by Crippen LogP contribution is -2.40. The van der Waals surface area contributed by atoms with E-state index in [0.717, 1.165) is 19.3 Å². The van der Waals surface area contributed by atoms with E-state index in [9.17, 15) is 19.2 Å². The van der Waals surface area contributed by atoms with E-state index in [1.165, 1.54) is 9.47 Å². The lowest BCUT2D eigenvalue weighted by molar-refractivity contribution is -0.125. The number of urea groups is 1. The summed E-state index contributed by atoms with van der Waals surface area (Å²) in [5.74, 6) is 0.315. The van der Waals surface area contributed by atoms with Gasteiger partial charge in [-0.2, -0.15) is 0 Å². The standard InChI is InChI=1S/C19H32N6O4/c1-4-5-9-25-16(20)15(17(27)22-19(25)29)23(11-7-13(2)3)8-6-10-24-14(26)12-21-18(24)28/h13H,4-12,20H2,1-3H3,(H,21,28)(H,22,27,29). The van der Waals surface area contributed by atoms with E-state index in [0.29, 0.717) is 32.0 Å². The van der Waals surface area contributed by atoms with E-state index in [-0.39, 0.29) is 30.5 Å². The van der Waals surface area contributed by atoms with Crippen LogP contribution >= 0.6 is 0 Å². The Morgan fingerprint density at radius 2 is 1.83 bits per heavy atom. The number of nitrogens with two attached hydrogens (primary N) is 1. The van der Waals surface area contributed by atoms with E-state index in [1.807, 2.05) is 11.8 Å². The number of carbonyl (C=O) groups excluding carboxylic acids is 2. The minimum atomic E-state index is -0.515. The van der Waals surface area contributed by atoms with Crippen molar-refractivity contribution >= 4 is 23.4 Å². The Labute approximate surface area is 170 Å². The minimum absolute atomic E-state index is 0.0188. The van der Waals surface area contributed by atoms with E-state index < -0.39 is 17.3 Å². The number of imide groups is 1. The van der Waals surface area contributed by atoms with Crippen molar-refractivity contribution in [3.05, 3.63) is 20.8 Å². The van der Waals surface area contributed by atoms with Crippen LogP contribution in [-0.2, 0) is 11.3 Å². The summed E-state index contributed by atoms with van der Waals surface area (Å²) in [6.45, 7) is 7.91. The molecule has 0 unspecified atom stereocenters. The van der Waals surface area contributed by atoms with Gasteiger partial charge in [0.15, 0.2) is 0 Å². The molecule has 162 valence electrons. The normalized spacial score (nSPS) is 14.0. The van der Waals surface area contributed by atoms with E-state index in [1.54, 1.807) is 0 Å². The summed E-state index contributed by atoms with van der Waals surface area (Å²) in [6.07, 6.45) is 2.98. The maximum Gasteiger partial charge on any atom is 0.330 e. The van der Waals surface area contributed by atoms with Crippen molar-refractivity contribution in [2.75, 3.05) is 36.8 Å². The van der Waals surface area contributed by atoms with Gasteiger partial charge in [-0.1, -0.05) is 27.2 Å². The molecule has 0 bridgehead atoms. The van der Waals surface area contributed by atoms with E-state index >= 15 is 0 Å². The lowest BCUT2D eigenvalue weighted by atomic mass is 10.1. The van der Waals surface area contributed by atoms with Gasteiger partial charge in [-0.15, -0.1) is 0 Å². The van der Waals surface area contributed by atoms with Crippen molar-refractivity contribution in [3.63, 3.8) is 0 Å². The summed E-state index contributed by atoms with van der Waals surface area (Å²) in [5.41, 5.74) is 5.50. The summed E-state index contributed by atoms with van der Waals surface area (Å²) in [5, 5.41) is 2.49. The number of hydrogen-bond acceptors (Lipinski definition) is 6. The summed E-state index contributed by atoms with van der Waals surface area (Å²) in [7, 11) is 0. The maximum absolute atomic E-state index is 12.6. The molecule has 0 aliphatic carbocycles. The largest absolute Gasteiger partial charge is 0.383 e. The van der Waals surface area contributed by atoms with Gasteiger partial charge in [0.2, 0.25) is 5.91 Å². The molecule has 0 atom stereocenters. The zero-order valence-electron chi connectivity index (χ0n) is 17.5. The van der Waals surface area contributed by atoms with Crippen LogP contribution in [0.3, 0.4) is 0 Å². The van der Waals surface area contributed by atoms with Gasteiger partial charge < -0.3 is 16.0 Å². The van der Waals surface area contributed by atoms with Gasteiger partial charge in [0.1, 0.15) is 11.5 Å². The molecule has 0 aromatic carbocycles. The molecule has 1 aliphatic heterocycles. The zero-order valence-corrected chi connectivity index (χ0v) is 17.5. The van der Waals surface area contributed by atoms with Crippen LogP contribution in [0.2, 0.25) is 0 Å². The van der Waals surface area contributed by atoms with Crippen LogP contribution in [0, 0.1) is 5.92 Å². The molecule has 2 heterocycles. The Bertz CT molecular complexity index is 828. The fourth-order valence-electron chi connectivity index (χ4n) is 3.27. The lowest BCUT2D eigenvalue weighted by Gasteiger charge is -2.27. The number of amides is 3. The fourth-order valence-corrected chi connectivity index (χ4v) is 3.27. The third kappa shape index (κ3) is 5.61. The van der Waals surface area contributed by atoms with Gasteiger partial charge >= 0.3 is 11.7 Å². The molecule has 2 rings (SSSR count). The van der Waals surface area contributed by atoms with Gasteiger partial charge in [-0.25, -0.2) is 9.59 Å². The third-order valence-corrected chi connectivity index (χ3v) is 4.99. The van der Waals surface area contributed by atoms with Crippen LogP contribution in [0.15, 0.2) is 9.59 Å². The SMILES string of the molecule is CCCCn1c(N)c(N(CCCN2C(=O)CNC2=O)CCC(C)C)c(=O)[nH]c1=O. The molecule has 29 heavy (non-hydrogen) atoms. The number of H-pyrrole nitrogens is 1. The molecule has 10 nitrogen and oxygen atoms in total. The molecular formula is C19H32N6O4. The average molecular weight is 409 g/mol. The van der Waals surface area contributed by atoms with Gasteiger partial charge in [0.25, 0.3) is 5.56 Å². The van der Waals surface area contributed by atoms with Crippen molar-refractivity contribution in [2.45, 2.75) is 53.0 Å². The first-order valence-corrected chi connectivity index (χ1v) is 10.2. The molecule has 1 aliphatic rings. The van der Waals surface area contributed by atoms with Crippen LogP contribution in [0.5, 0.6) is 0 Å². The highest BCUT2D eigenvalue weighted by molar-refractivity contribution is 6.01. The Morgan fingerprint density at radius 1 is 1.10 bits per heavy atom. The first-order chi connectivity index (χ1) is 13.8. The fraction of sp³-hybridized carbons (Fsp3) is 0.684. The number of rotatable bonds is 11. The first-order valence-electron chi connectivity index (χ1n) is 10.2. The average Bonchev–Trinajstić information content (AvgIpc) is 2.97. The molecule has 4 N–H and O–H groups in total. The number of aromatic amines is 1. The summed E-state index contributed by atoms with van der Waals surface area (Å²) in [4.78, 5) is 53.6. The number of anilines is 2. The molecular weight excluding hydrogens is 376 g/mol. The number of nitrogens with zero attached hydrogens (tertiary/aromatic N) is 3. The topological polar surface area (TPSA) is 134 Å². The molecule has 0 radical (unpaired) electrons. The van der Waals surface area contributed by atoms with Gasteiger partial charge in [-0.3, -0.25) is 24.0 Å². The van der Waals surface area contributed by atoms with Crippen molar-refractivity contribution in [1.82, 2.24) is 19.8 Å². The van der Waals surface area contributed by atoms with Crippen LogP contribution in [-0.4, -0.2) is 52.6 Å². The van der Waals surface area contributed by atoms with Crippen LogP contribution in [0.1, 0.15) is 46.5 Å².